The minimum Gasteiger partial charge on any atom is -0.139 e. The van der Waals surface area contributed by atoms with E-state index in [-0.39, 0.29) is 0 Å². The van der Waals surface area contributed by atoms with Gasteiger partial charge in [-0.15, -0.1) is 4.44 Å². The first-order chi connectivity index (χ1) is 16.8. The van der Waals surface area contributed by atoms with Crippen LogP contribution in [0.4, 0.5) is 0 Å². The van der Waals surface area contributed by atoms with E-state index in [1.54, 1.807) is 0 Å². The van der Waals surface area contributed by atoms with E-state index >= 15 is 0 Å². The molecule has 0 heterocycles. The molecule has 0 aromatic heterocycles. The van der Waals surface area contributed by atoms with Gasteiger partial charge in [-0.1, -0.05) is 116 Å². The van der Waals surface area contributed by atoms with Gasteiger partial charge in [-0.25, -0.2) is 0 Å². The second-order valence-corrected chi connectivity index (χ2v) is 15.0. The van der Waals surface area contributed by atoms with Gasteiger partial charge in [-0.05, 0) is 47.7 Å². The zero-order valence-electron chi connectivity index (χ0n) is 20.0. The van der Waals surface area contributed by atoms with E-state index in [9.17, 15) is 0 Å². The van der Waals surface area contributed by atoms with Gasteiger partial charge in [0.25, 0.3) is 0 Å². The molecule has 4 aromatic carbocycles. The monoisotopic (exact) mass is 482 g/mol. The molecular weight excluding hydrogens is 448 g/mol. The number of benzene rings is 4. The van der Waals surface area contributed by atoms with Gasteiger partial charge in [-0.3, -0.25) is 0 Å². The van der Waals surface area contributed by atoms with Crippen LogP contribution in [-0.2, 0) is 0 Å². The largest absolute Gasteiger partial charge is 0.150 e. The van der Waals surface area contributed by atoms with Crippen molar-refractivity contribution in [2.75, 3.05) is 6.66 Å². The lowest BCUT2D eigenvalue weighted by Gasteiger charge is -2.45. The molecule has 1 aliphatic carbocycles. The number of hydrogen-bond donors (Lipinski definition) is 0. The Balaban J connectivity index is 1.78. The molecule has 0 unspecified atom stereocenters. The lowest BCUT2D eigenvalue weighted by atomic mass is 9.96. The first-order valence-electron chi connectivity index (χ1n) is 12.5. The van der Waals surface area contributed by atoms with Crippen LogP contribution in [-0.4, -0.2) is 17.1 Å². The van der Waals surface area contributed by atoms with Crippen LogP contribution in [0.1, 0.15) is 32.1 Å². The maximum atomic E-state index is 3.04. The third-order valence-corrected chi connectivity index (χ3v) is 14.7. The number of hydrogen-bond acceptors (Lipinski definition) is 1. The molecule has 172 valence electrons. The first kappa shape index (κ1) is 23.4. The number of rotatable bonds is 7. The van der Waals surface area contributed by atoms with Crippen LogP contribution in [0.5, 0.6) is 0 Å². The molecule has 1 saturated carbocycles. The maximum absolute atomic E-state index is 3.04. The highest BCUT2D eigenvalue weighted by atomic mass is 31.2. The zero-order chi connectivity index (χ0) is 23.2. The summed E-state index contributed by atoms with van der Waals surface area (Å²) in [6.07, 6.45) is 6.60. The molecule has 0 saturated heterocycles. The topological polar surface area (TPSA) is 3.24 Å². The molecule has 0 amide bonds. The highest BCUT2D eigenvalue weighted by Gasteiger charge is 2.52. The first-order valence-corrected chi connectivity index (χ1v) is 15.9. The maximum Gasteiger partial charge on any atom is 0.150 e. The average molecular weight is 483 g/mol. The van der Waals surface area contributed by atoms with Crippen molar-refractivity contribution < 1.29 is 0 Å². The predicted octanol–water partition coefficient (Wildman–Crippen LogP) is 6.88. The minimum absolute atomic E-state index is 0.582. The van der Waals surface area contributed by atoms with Crippen LogP contribution in [0.15, 0.2) is 121 Å². The minimum atomic E-state index is -1.88. The summed E-state index contributed by atoms with van der Waals surface area (Å²) in [5, 5.41) is 5.86. The van der Waals surface area contributed by atoms with Crippen molar-refractivity contribution in [2.24, 2.45) is 0 Å². The smallest absolute Gasteiger partial charge is 0.139 e. The molecule has 0 bridgehead atoms. The van der Waals surface area contributed by atoms with Gasteiger partial charge in [-0.2, -0.15) is 0 Å². The molecule has 1 fully saturated rings. The summed E-state index contributed by atoms with van der Waals surface area (Å²) in [6, 6.07) is 45.9. The van der Waals surface area contributed by atoms with E-state index in [2.05, 4.69) is 132 Å². The third kappa shape index (κ3) is 4.76. The molecule has 3 heteroatoms. The third-order valence-electron chi connectivity index (χ3n) is 7.04. The van der Waals surface area contributed by atoms with E-state index in [1.165, 1.54) is 53.3 Å². The van der Waals surface area contributed by atoms with Crippen LogP contribution in [0.25, 0.3) is 0 Å². The molecule has 5 rings (SSSR count). The Labute approximate surface area is 207 Å². The number of nitrogens with zero attached hydrogens (tertiary/aromatic N) is 1. The van der Waals surface area contributed by atoms with Crippen molar-refractivity contribution in [3.8, 4) is 0 Å². The molecule has 34 heavy (non-hydrogen) atoms. The summed E-state index contributed by atoms with van der Waals surface area (Å²) in [4.78, 5) is 0. The summed E-state index contributed by atoms with van der Waals surface area (Å²) in [5.74, 6) is 0. The molecular formula is C31H34NP2+. The second kappa shape index (κ2) is 11.0. The fourth-order valence-electron chi connectivity index (χ4n) is 5.33. The Morgan fingerprint density at radius 3 is 1.35 bits per heavy atom. The molecule has 4 aromatic rings. The van der Waals surface area contributed by atoms with Gasteiger partial charge in [0.1, 0.15) is 18.0 Å². The van der Waals surface area contributed by atoms with Gasteiger partial charge in [0, 0.05) is 6.04 Å². The Morgan fingerprint density at radius 1 is 0.559 bits per heavy atom. The van der Waals surface area contributed by atoms with E-state index in [4.69, 9.17) is 0 Å². The zero-order valence-corrected chi connectivity index (χ0v) is 21.8. The molecule has 0 aliphatic heterocycles. The van der Waals surface area contributed by atoms with Gasteiger partial charge in [0.2, 0.25) is 0 Å². The second-order valence-electron chi connectivity index (χ2n) is 9.23. The quantitative estimate of drug-likeness (QED) is 0.260. The van der Waals surface area contributed by atoms with Gasteiger partial charge < -0.3 is 0 Å². The molecule has 1 aliphatic rings. The molecule has 0 spiro atoms. The highest BCUT2D eigenvalue weighted by molar-refractivity contribution is 7.94. The van der Waals surface area contributed by atoms with Crippen molar-refractivity contribution in [3.05, 3.63) is 121 Å². The molecule has 0 N–H and O–H groups in total. The fourth-order valence-corrected chi connectivity index (χ4v) is 13.4. The Morgan fingerprint density at radius 2 is 0.941 bits per heavy atom. The van der Waals surface area contributed by atoms with Gasteiger partial charge in [0.15, 0.2) is 0 Å². The summed E-state index contributed by atoms with van der Waals surface area (Å²) in [6.45, 7) is 2.58. The normalized spacial score (nSPS) is 15.0. The van der Waals surface area contributed by atoms with E-state index in [1.807, 2.05) is 0 Å². The van der Waals surface area contributed by atoms with Crippen molar-refractivity contribution in [1.82, 2.24) is 4.44 Å². The Hall–Kier alpha value is -2.30. The van der Waals surface area contributed by atoms with Crippen molar-refractivity contribution in [3.63, 3.8) is 0 Å². The van der Waals surface area contributed by atoms with Crippen LogP contribution in [0.3, 0.4) is 0 Å². The van der Waals surface area contributed by atoms with Gasteiger partial charge in [0.05, 0.1) is 14.7 Å². The lowest BCUT2D eigenvalue weighted by molar-refractivity contribution is 0.353. The van der Waals surface area contributed by atoms with Crippen LogP contribution in [0, 0.1) is 0 Å². The van der Waals surface area contributed by atoms with E-state index < -0.39 is 15.5 Å². The summed E-state index contributed by atoms with van der Waals surface area (Å²) < 4.78 is 3.04. The SMILES string of the molecule is C[P+](c1ccccc1)(c1ccccc1)N(C1CCCCC1)P(c1ccccc1)c1ccccc1. The molecule has 0 atom stereocenters. The molecule has 0 radical (unpaired) electrons. The summed E-state index contributed by atoms with van der Waals surface area (Å²) in [7, 11) is -2.57. The Bertz CT molecular complexity index is 1060. The summed E-state index contributed by atoms with van der Waals surface area (Å²) in [5.41, 5.74) is 0. The van der Waals surface area contributed by atoms with E-state index in [0.29, 0.717) is 6.04 Å². The predicted molar refractivity (Wildman–Crippen MR) is 153 cm³/mol. The van der Waals surface area contributed by atoms with Gasteiger partial charge >= 0.3 is 0 Å². The average Bonchev–Trinajstić information content (AvgIpc) is 2.93. The standard InChI is InChI=1S/C31H34NP2/c1-34(30-23-13-5-14-24-30,31-25-15-6-16-26-31)32(27-17-7-2-8-18-27)33(28-19-9-3-10-20-28)29-21-11-4-12-22-29/h3-6,9-16,19-27H,2,7-8,17-18H2,1H3/q+1. The van der Waals surface area contributed by atoms with Crippen molar-refractivity contribution >= 4 is 36.7 Å². The van der Waals surface area contributed by atoms with E-state index in [0.717, 1.165) is 0 Å². The lowest BCUT2D eigenvalue weighted by Crippen LogP contribution is -2.44. The van der Waals surface area contributed by atoms with Crippen LogP contribution in [0.2, 0.25) is 0 Å². The van der Waals surface area contributed by atoms with Crippen LogP contribution >= 0.6 is 15.5 Å². The molecule has 1 nitrogen and oxygen atoms in total. The Kier molecular flexibility index (Phi) is 7.56. The fraction of sp³-hybridized carbons (Fsp3) is 0.226. The highest BCUT2D eigenvalue weighted by Crippen LogP contribution is 2.68. The van der Waals surface area contributed by atoms with Crippen LogP contribution < -0.4 is 21.2 Å². The van der Waals surface area contributed by atoms with Crippen molar-refractivity contribution in [1.29, 1.82) is 0 Å². The summed E-state index contributed by atoms with van der Waals surface area (Å²) >= 11 is 0. The van der Waals surface area contributed by atoms with Crippen molar-refractivity contribution in [2.45, 2.75) is 38.1 Å².